The molecule has 0 aliphatic carbocycles. The number of piperidine rings is 1. The van der Waals surface area contributed by atoms with Crippen LogP contribution in [-0.2, 0) is 18.4 Å². The molecular weight excluding hydrogens is 340 g/mol. The van der Waals surface area contributed by atoms with E-state index in [0.29, 0.717) is 0 Å². The van der Waals surface area contributed by atoms with E-state index in [4.69, 9.17) is 10.7 Å². The summed E-state index contributed by atoms with van der Waals surface area (Å²) in [7, 11) is 4.15. The molecule has 0 bridgehead atoms. The number of aliphatic imine (C=N–C) groups is 1. The minimum absolute atomic E-state index is 0.0771. The van der Waals surface area contributed by atoms with E-state index >= 15 is 0 Å². The summed E-state index contributed by atoms with van der Waals surface area (Å²) in [5.74, 6) is 0.897. The molecule has 0 unspecified atom stereocenters. The van der Waals surface area contributed by atoms with E-state index in [-0.39, 0.29) is 11.8 Å². The second kappa shape index (κ2) is 11.0. The number of nitrogens with one attached hydrogen (secondary N) is 1. The molecule has 2 heterocycles. The summed E-state index contributed by atoms with van der Waals surface area (Å²) in [5.41, 5.74) is 6.66. The number of primary amides is 1. The van der Waals surface area contributed by atoms with Crippen molar-refractivity contribution in [3.8, 4) is 0 Å². The van der Waals surface area contributed by atoms with Gasteiger partial charge in [-0.2, -0.15) is 0 Å². The van der Waals surface area contributed by atoms with Gasteiger partial charge in [0.25, 0.3) is 0 Å². The van der Waals surface area contributed by atoms with Crippen molar-refractivity contribution in [1.29, 1.82) is 0 Å². The molecule has 3 N–H and O–H groups in total. The van der Waals surface area contributed by atoms with Gasteiger partial charge in [-0.25, -0.2) is 0 Å². The normalized spacial score (nSPS) is 16.5. The van der Waals surface area contributed by atoms with Gasteiger partial charge in [0.05, 0.1) is 6.54 Å². The minimum atomic E-state index is -0.139. The first-order valence-corrected chi connectivity index (χ1v) is 10.1. The van der Waals surface area contributed by atoms with E-state index < -0.39 is 0 Å². The molecule has 1 aliphatic heterocycles. The van der Waals surface area contributed by atoms with Crippen LogP contribution in [0.4, 0.5) is 0 Å². The molecule has 0 saturated carbocycles. The maximum atomic E-state index is 11.2. The summed E-state index contributed by atoms with van der Waals surface area (Å²) in [6, 6.07) is 4.21. The Kier molecular flexibility index (Phi) is 8.64. The van der Waals surface area contributed by atoms with Gasteiger partial charge in [0.15, 0.2) is 5.96 Å². The smallest absolute Gasteiger partial charge is 0.220 e. The zero-order valence-electron chi connectivity index (χ0n) is 17.2. The van der Waals surface area contributed by atoms with Gasteiger partial charge in [0.2, 0.25) is 5.91 Å². The summed E-state index contributed by atoms with van der Waals surface area (Å²) in [4.78, 5) is 20.6. The molecule has 1 amide bonds. The topological polar surface area (TPSA) is 78.9 Å². The van der Waals surface area contributed by atoms with Crippen LogP contribution in [0.3, 0.4) is 0 Å². The van der Waals surface area contributed by atoms with Crippen molar-refractivity contribution in [3.05, 3.63) is 24.0 Å². The van der Waals surface area contributed by atoms with Gasteiger partial charge >= 0.3 is 0 Å². The largest absolute Gasteiger partial charge is 0.369 e. The van der Waals surface area contributed by atoms with Gasteiger partial charge in [-0.05, 0) is 64.4 Å². The van der Waals surface area contributed by atoms with E-state index in [1.54, 1.807) is 0 Å². The van der Waals surface area contributed by atoms with Crippen molar-refractivity contribution in [3.63, 3.8) is 0 Å². The van der Waals surface area contributed by atoms with E-state index in [0.717, 1.165) is 70.9 Å². The predicted molar refractivity (Wildman–Crippen MR) is 110 cm³/mol. The number of amides is 1. The molecule has 1 aliphatic rings. The van der Waals surface area contributed by atoms with Crippen LogP contribution in [0.5, 0.6) is 0 Å². The van der Waals surface area contributed by atoms with Crippen LogP contribution in [0.1, 0.15) is 38.3 Å². The fourth-order valence-electron chi connectivity index (χ4n) is 3.52. The van der Waals surface area contributed by atoms with Gasteiger partial charge < -0.3 is 25.4 Å². The Bertz CT molecular complexity index is 603. The second-order valence-corrected chi connectivity index (χ2v) is 7.43. The van der Waals surface area contributed by atoms with Crippen molar-refractivity contribution in [2.45, 2.75) is 39.2 Å². The predicted octanol–water partition coefficient (Wildman–Crippen LogP) is 1.40. The number of aryl methyl sites for hydroxylation is 1. The summed E-state index contributed by atoms with van der Waals surface area (Å²) in [6.07, 6.45) is 6.08. The first-order chi connectivity index (χ1) is 13.0. The van der Waals surface area contributed by atoms with Crippen molar-refractivity contribution >= 4 is 11.9 Å². The maximum absolute atomic E-state index is 11.2. The Morgan fingerprint density at radius 3 is 2.70 bits per heavy atom. The maximum Gasteiger partial charge on any atom is 0.220 e. The number of nitrogens with two attached hydrogens (primary N) is 1. The number of likely N-dealkylation sites (tertiary alicyclic amines) is 1. The molecule has 1 aromatic heterocycles. The zero-order chi connectivity index (χ0) is 19.6. The number of guanidine groups is 1. The number of aromatic nitrogens is 1. The van der Waals surface area contributed by atoms with Crippen LogP contribution in [-0.4, -0.2) is 66.0 Å². The highest BCUT2D eigenvalue weighted by Gasteiger charge is 2.22. The Hall–Kier alpha value is -2.02. The highest BCUT2D eigenvalue weighted by Crippen LogP contribution is 2.16. The quantitative estimate of drug-likeness (QED) is 0.388. The summed E-state index contributed by atoms with van der Waals surface area (Å²) < 4.78 is 2.14. The first kappa shape index (κ1) is 21.3. The van der Waals surface area contributed by atoms with Crippen LogP contribution < -0.4 is 11.1 Å². The lowest BCUT2D eigenvalue weighted by molar-refractivity contribution is -0.123. The van der Waals surface area contributed by atoms with Crippen LogP contribution in [0, 0.1) is 5.92 Å². The molecule has 0 atom stereocenters. The van der Waals surface area contributed by atoms with E-state index in [1.165, 1.54) is 5.69 Å². The van der Waals surface area contributed by atoms with Gasteiger partial charge in [-0.3, -0.25) is 9.79 Å². The van der Waals surface area contributed by atoms with Gasteiger partial charge in [0, 0.05) is 45.0 Å². The molecular formula is C20H36N6O. The fraction of sp³-hybridized carbons (Fsp3) is 0.700. The first-order valence-electron chi connectivity index (χ1n) is 10.1. The highest BCUT2D eigenvalue weighted by molar-refractivity contribution is 5.79. The monoisotopic (exact) mass is 376 g/mol. The van der Waals surface area contributed by atoms with Crippen LogP contribution in [0.2, 0.25) is 0 Å². The zero-order valence-corrected chi connectivity index (χ0v) is 17.2. The standard InChI is InChI=1S/C20H36N6O/c1-4-22-20(25(3)16-18-8-7-12-24(18)2)23-11-5-6-13-26-14-9-17(10-15-26)19(21)27/h7-8,12,17H,4-6,9-11,13-16H2,1-3H3,(H2,21,27)(H,22,23). The number of nitrogens with zero attached hydrogens (tertiary/aromatic N) is 4. The highest BCUT2D eigenvalue weighted by atomic mass is 16.1. The number of unbranched alkanes of at least 4 members (excludes halogenated alkanes) is 1. The molecule has 1 aromatic rings. The average Bonchev–Trinajstić information content (AvgIpc) is 3.05. The molecule has 152 valence electrons. The molecule has 0 aromatic carbocycles. The number of hydrogen-bond acceptors (Lipinski definition) is 3. The Labute approximate surface area is 163 Å². The lowest BCUT2D eigenvalue weighted by atomic mass is 9.96. The average molecular weight is 377 g/mol. The molecule has 0 radical (unpaired) electrons. The number of hydrogen-bond donors (Lipinski definition) is 2. The van der Waals surface area contributed by atoms with E-state index in [9.17, 15) is 4.79 Å². The molecule has 1 fully saturated rings. The third-order valence-corrected chi connectivity index (χ3v) is 5.28. The molecule has 7 heteroatoms. The Morgan fingerprint density at radius 2 is 2.11 bits per heavy atom. The molecule has 2 rings (SSSR count). The van der Waals surface area contributed by atoms with E-state index in [1.807, 2.05) is 0 Å². The Balaban J connectivity index is 1.70. The summed E-state index contributed by atoms with van der Waals surface area (Å²) in [5, 5.41) is 3.38. The van der Waals surface area contributed by atoms with Crippen molar-refractivity contribution in [2.24, 2.45) is 23.7 Å². The van der Waals surface area contributed by atoms with Gasteiger partial charge in [-0.1, -0.05) is 0 Å². The van der Waals surface area contributed by atoms with Crippen LogP contribution in [0.15, 0.2) is 23.3 Å². The third-order valence-electron chi connectivity index (χ3n) is 5.28. The third kappa shape index (κ3) is 6.90. The van der Waals surface area contributed by atoms with Crippen molar-refractivity contribution < 1.29 is 4.79 Å². The summed E-state index contributed by atoms with van der Waals surface area (Å²) >= 11 is 0. The minimum Gasteiger partial charge on any atom is -0.369 e. The molecule has 27 heavy (non-hydrogen) atoms. The SMILES string of the molecule is CCNC(=NCCCCN1CCC(C(N)=O)CC1)N(C)Cc1cccn1C. The molecule has 7 nitrogen and oxygen atoms in total. The number of carbonyl (C=O) groups excluding carboxylic acids is 1. The van der Waals surface area contributed by atoms with Crippen LogP contribution >= 0.6 is 0 Å². The van der Waals surface area contributed by atoms with E-state index in [2.05, 4.69) is 59.0 Å². The summed E-state index contributed by atoms with van der Waals surface area (Å²) in [6.45, 7) is 7.68. The van der Waals surface area contributed by atoms with Crippen molar-refractivity contribution in [2.75, 3.05) is 39.8 Å². The van der Waals surface area contributed by atoms with Gasteiger partial charge in [-0.15, -0.1) is 0 Å². The van der Waals surface area contributed by atoms with Gasteiger partial charge in [0.1, 0.15) is 0 Å². The number of rotatable bonds is 9. The Morgan fingerprint density at radius 1 is 1.37 bits per heavy atom. The van der Waals surface area contributed by atoms with Crippen molar-refractivity contribution in [1.82, 2.24) is 19.7 Å². The molecule has 0 spiro atoms. The van der Waals surface area contributed by atoms with Crippen LogP contribution in [0.25, 0.3) is 0 Å². The molecule has 1 saturated heterocycles. The lowest BCUT2D eigenvalue weighted by Gasteiger charge is -2.30. The number of carbonyl (C=O) groups is 1. The second-order valence-electron chi connectivity index (χ2n) is 7.43. The fourth-order valence-corrected chi connectivity index (χ4v) is 3.52. The lowest BCUT2D eigenvalue weighted by Crippen LogP contribution is -2.39.